The van der Waals surface area contributed by atoms with Crippen molar-refractivity contribution in [3.8, 4) is 0 Å². The van der Waals surface area contributed by atoms with Gasteiger partial charge in [-0.1, -0.05) is 32.1 Å². The Labute approximate surface area is 118 Å². The second-order valence-corrected chi connectivity index (χ2v) is 5.56. The van der Waals surface area contributed by atoms with Crippen LogP contribution in [0.25, 0.3) is 10.9 Å². The van der Waals surface area contributed by atoms with E-state index in [0.29, 0.717) is 11.4 Å². The molecule has 1 aliphatic heterocycles. The van der Waals surface area contributed by atoms with Crippen LogP contribution in [0.1, 0.15) is 32.0 Å². The third-order valence-electron chi connectivity index (χ3n) is 3.68. The molecular weight excluding hydrogens is 250 g/mol. The van der Waals surface area contributed by atoms with Crippen molar-refractivity contribution < 1.29 is 0 Å². The van der Waals surface area contributed by atoms with E-state index in [1.54, 1.807) is 4.68 Å². The molecule has 0 N–H and O–H groups in total. The van der Waals surface area contributed by atoms with Crippen molar-refractivity contribution in [2.24, 2.45) is 0 Å². The van der Waals surface area contributed by atoms with Gasteiger partial charge in [0.1, 0.15) is 5.82 Å². The number of nitrogens with zero attached hydrogens (tertiary/aromatic N) is 3. The van der Waals surface area contributed by atoms with Gasteiger partial charge in [0.05, 0.1) is 23.5 Å². The van der Waals surface area contributed by atoms with Gasteiger partial charge < -0.3 is 5.01 Å². The lowest BCUT2D eigenvalue weighted by Crippen LogP contribution is -2.34. The topological polar surface area (TPSA) is 37.9 Å². The zero-order chi connectivity index (χ0) is 14.3. The average Bonchev–Trinajstić information content (AvgIpc) is 3.18. The molecule has 0 radical (unpaired) electrons. The van der Waals surface area contributed by atoms with Crippen LogP contribution in [-0.2, 0) is 0 Å². The van der Waals surface area contributed by atoms with E-state index in [0.717, 1.165) is 24.3 Å². The molecule has 2 aromatic rings. The van der Waals surface area contributed by atoms with E-state index in [1.165, 1.54) is 0 Å². The van der Waals surface area contributed by atoms with Crippen molar-refractivity contribution in [2.45, 2.75) is 32.2 Å². The normalized spacial score (nSPS) is 17.8. The first kappa shape index (κ1) is 12.9. The number of rotatable bonds is 4. The number of hydrogen-bond donors (Lipinski definition) is 0. The summed E-state index contributed by atoms with van der Waals surface area (Å²) in [5.41, 5.74) is 0.811. The molecule has 1 saturated heterocycles. The van der Waals surface area contributed by atoms with E-state index in [2.05, 4.69) is 30.4 Å². The zero-order valence-electron chi connectivity index (χ0n) is 11.9. The van der Waals surface area contributed by atoms with Gasteiger partial charge in [0.2, 0.25) is 0 Å². The number of benzene rings is 1. The summed E-state index contributed by atoms with van der Waals surface area (Å²) >= 11 is 0. The summed E-state index contributed by atoms with van der Waals surface area (Å²) in [6.45, 7) is 8.80. The quantitative estimate of drug-likeness (QED) is 0.632. The van der Waals surface area contributed by atoms with Crippen LogP contribution in [0.3, 0.4) is 0 Å². The summed E-state index contributed by atoms with van der Waals surface area (Å²) in [5.74, 6) is 1.04. The Bertz CT molecular complexity index is 717. The molecule has 1 atom stereocenters. The standard InChI is InChI=1S/C16H19N3O/c1-4-7-12-10-18(12)19-15(11(2)3)17-14-9-6-5-8-13(14)16(19)20/h4-6,8-9,11-12H,1,7,10H2,2-3H3. The molecule has 1 aromatic heterocycles. The van der Waals surface area contributed by atoms with Gasteiger partial charge in [-0.25, -0.2) is 9.66 Å². The minimum atomic E-state index is 0.0332. The first-order valence-electron chi connectivity index (χ1n) is 7.03. The largest absolute Gasteiger partial charge is 0.301 e. The predicted octanol–water partition coefficient (Wildman–Crippen LogP) is 2.42. The van der Waals surface area contributed by atoms with E-state index >= 15 is 0 Å². The zero-order valence-corrected chi connectivity index (χ0v) is 11.9. The van der Waals surface area contributed by atoms with Crippen LogP contribution in [0.15, 0.2) is 41.7 Å². The first-order valence-corrected chi connectivity index (χ1v) is 7.03. The lowest BCUT2D eigenvalue weighted by molar-refractivity contribution is 0.634. The fourth-order valence-corrected chi connectivity index (χ4v) is 2.57. The molecule has 4 nitrogen and oxygen atoms in total. The van der Waals surface area contributed by atoms with Gasteiger partial charge in [-0.05, 0) is 18.6 Å². The number of hydrogen-bond acceptors (Lipinski definition) is 3. The SMILES string of the molecule is C=CCC1CN1n1c(C(C)C)nc2ccccc2c1=O. The van der Waals surface area contributed by atoms with Crippen LogP contribution < -0.4 is 10.6 Å². The highest BCUT2D eigenvalue weighted by Gasteiger charge is 2.36. The predicted molar refractivity (Wildman–Crippen MR) is 81.8 cm³/mol. The lowest BCUT2D eigenvalue weighted by Gasteiger charge is -2.17. The van der Waals surface area contributed by atoms with Gasteiger partial charge in [0.15, 0.2) is 0 Å². The van der Waals surface area contributed by atoms with E-state index in [-0.39, 0.29) is 11.5 Å². The fraction of sp³-hybridized carbons (Fsp3) is 0.375. The van der Waals surface area contributed by atoms with Crippen molar-refractivity contribution in [1.29, 1.82) is 0 Å². The summed E-state index contributed by atoms with van der Waals surface area (Å²) in [6, 6.07) is 7.92. The van der Waals surface area contributed by atoms with Gasteiger partial charge in [0.25, 0.3) is 5.56 Å². The van der Waals surface area contributed by atoms with Gasteiger partial charge in [-0.15, -0.1) is 6.58 Å². The van der Waals surface area contributed by atoms with Gasteiger partial charge in [0, 0.05) is 5.92 Å². The van der Waals surface area contributed by atoms with Crippen LogP contribution in [0.5, 0.6) is 0 Å². The molecule has 2 heterocycles. The molecule has 0 amide bonds. The summed E-state index contributed by atoms with van der Waals surface area (Å²) in [7, 11) is 0. The van der Waals surface area contributed by atoms with Gasteiger partial charge >= 0.3 is 0 Å². The number of fused-ring (bicyclic) bond motifs is 1. The minimum Gasteiger partial charge on any atom is -0.301 e. The Morgan fingerprint density at radius 3 is 2.90 bits per heavy atom. The average molecular weight is 269 g/mol. The first-order chi connectivity index (χ1) is 9.63. The van der Waals surface area contributed by atoms with E-state index < -0.39 is 0 Å². The third kappa shape index (κ3) is 2.01. The Morgan fingerprint density at radius 2 is 2.20 bits per heavy atom. The monoisotopic (exact) mass is 269 g/mol. The van der Waals surface area contributed by atoms with Crippen LogP contribution in [0, 0.1) is 0 Å². The minimum absolute atomic E-state index is 0.0332. The molecular formula is C16H19N3O. The van der Waals surface area contributed by atoms with Crippen molar-refractivity contribution in [3.63, 3.8) is 0 Å². The highest BCUT2D eigenvalue weighted by Crippen LogP contribution is 2.23. The number of para-hydroxylation sites is 1. The van der Waals surface area contributed by atoms with Gasteiger partial charge in [-0.2, -0.15) is 0 Å². The Hall–Kier alpha value is -2.10. The summed E-state index contributed by atoms with van der Waals surface area (Å²) in [6.07, 6.45) is 2.80. The smallest absolute Gasteiger partial charge is 0.280 e. The molecule has 1 unspecified atom stereocenters. The van der Waals surface area contributed by atoms with Crippen molar-refractivity contribution >= 4 is 10.9 Å². The molecule has 0 bridgehead atoms. The van der Waals surface area contributed by atoms with Crippen LogP contribution in [0.4, 0.5) is 0 Å². The molecule has 4 heteroatoms. The molecule has 0 saturated carbocycles. The van der Waals surface area contributed by atoms with Crippen molar-refractivity contribution in [3.05, 3.63) is 53.1 Å². The Morgan fingerprint density at radius 1 is 1.45 bits per heavy atom. The maximum absolute atomic E-state index is 12.7. The lowest BCUT2D eigenvalue weighted by atomic mass is 10.2. The molecule has 0 spiro atoms. The molecule has 20 heavy (non-hydrogen) atoms. The second kappa shape index (κ2) is 4.78. The Balaban J connectivity index is 2.19. The highest BCUT2D eigenvalue weighted by molar-refractivity contribution is 5.77. The summed E-state index contributed by atoms with van der Waals surface area (Å²) in [5, 5.41) is 2.76. The molecule has 3 rings (SSSR count). The van der Waals surface area contributed by atoms with Crippen molar-refractivity contribution in [1.82, 2.24) is 9.66 Å². The van der Waals surface area contributed by atoms with Crippen LogP contribution >= 0.6 is 0 Å². The molecule has 1 aromatic carbocycles. The maximum Gasteiger partial charge on any atom is 0.280 e. The van der Waals surface area contributed by atoms with E-state index in [4.69, 9.17) is 0 Å². The molecule has 0 aliphatic carbocycles. The third-order valence-corrected chi connectivity index (χ3v) is 3.68. The van der Waals surface area contributed by atoms with Crippen LogP contribution in [0.2, 0.25) is 0 Å². The van der Waals surface area contributed by atoms with Gasteiger partial charge in [-0.3, -0.25) is 4.79 Å². The maximum atomic E-state index is 12.7. The van der Waals surface area contributed by atoms with Crippen molar-refractivity contribution in [2.75, 3.05) is 11.6 Å². The Kier molecular flexibility index (Phi) is 3.08. The summed E-state index contributed by atoms with van der Waals surface area (Å²) < 4.78 is 1.77. The fourth-order valence-electron chi connectivity index (χ4n) is 2.57. The highest BCUT2D eigenvalue weighted by atomic mass is 16.1. The second-order valence-electron chi connectivity index (χ2n) is 5.56. The summed E-state index contributed by atoms with van der Waals surface area (Å²) in [4.78, 5) is 17.4. The molecule has 104 valence electrons. The molecule has 1 fully saturated rings. The molecule has 1 aliphatic rings. The number of aromatic nitrogens is 2. The van der Waals surface area contributed by atoms with E-state index in [1.807, 2.05) is 30.3 Å². The van der Waals surface area contributed by atoms with Crippen LogP contribution in [-0.4, -0.2) is 22.2 Å². The van der Waals surface area contributed by atoms with E-state index in [9.17, 15) is 4.79 Å².